The zero-order chi connectivity index (χ0) is 7.52. The minimum atomic E-state index is 0.669. The number of rotatable bonds is 1. The van der Waals surface area contributed by atoms with E-state index in [1.165, 1.54) is 19.4 Å². The van der Waals surface area contributed by atoms with E-state index < -0.39 is 0 Å². The normalized spacial score (nSPS) is 31.3. The van der Waals surface area contributed by atoms with Crippen LogP contribution in [-0.2, 0) is 0 Å². The summed E-state index contributed by atoms with van der Waals surface area (Å²) in [6.07, 6.45) is 6.92. The lowest BCUT2D eigenvalue weighted by Gasteiger charge is -2.31. The van der Waals surface area contributed by atoms with Crippen molar-refractivity contribution in [2.24, 2.45) is 0 Å². The van der Waals surface area contributed by atoms with Crippen LogP contribution in [0.5, 0.6) is 0 Å². The van der Waals surface area contributed by atoms with Gasteiger partial charge in [0.05, 0.1) is 6.04 Å². The summed E-state index contributed by atoms with van der Waals surface area (Å²) >= 11 is 0. The lowest BCUT2D eigenvalue weighted by atomic mass is 10.1. The predicted octanol–water partition coefficient (Wildman–Crippen LogP) is 0.0723. The number of piperidine rings is 1. The van der Waals surface area contributed by atoms with Gasteiger partial charge in [-0.2, -0.15) is 0 Å². The fourth-order valence-corrected chi connectivity index (χ4v) is 1.70. The Morgan fingerprint density at radius 2 is 2.45 bits per heavy atom. The summed E-state index contributed by atoms with van der Waals surface area (Å²) < 4.78 is 0. The molecule has 0 aromatic carbocycles. The molecule has 0 spiro atoms. The van der Waals surface area contributed by atoms with Crippen LogP contribution in [0.4, 0.5) is 0 Å². The highest BCUT2D eigenvalue weighted by Crippen LogP contribution is 2.10. The molecular formula is C8H15N3. The highest BCUT2D eigenvalue weighted by Gasteiger charge is 2.19. The molecule has 0 aliphatic carbocycles. The molecule has 0 saturated carbocycles. The van der Waals surface area contributed by atoms with Crippen molar-refractivity contribution >= 4 is 0 Å². The first-order valence-corrected chi connectivity index (χ1v) is 4.36. The van der Waals surface area contributed by atoms with Gasteiger partial charge in [0, 0.05) is 19.3 Å². The van der Waals surface area contributed by atoms with Gasteiger partial charge < -0.3 is 10.3 Å². The second-order valence-corrected chi connectivity index (χ2v) is 3.15. The Hall–Kier alpha value is -0.540. The summed E-state index contributed by atoms with van der Waals surface area (Å²) in [5, 5.41) is 5.62. The third kappa shape index (κ3) is 1.54. The average molecular weight is 153 g/mol. The van der Waals surface area contributed by atoms with E-state index in [-0.39, 0.29) is 0 Å². The lowest BCUT2D eigenvalue weighted by molar-refractivity contribution is 0.186. The van der Waals surface area contributed by atoms with Crippen LogP contribution in [0, 0.1) is 0 Å². The molecule has 2 rings (SSSR count). The van der Waals surface area contributed by atoms with Crippen molar-refractivity contribution in [1.29, 1.82) is 0 Å². The highest BCUT2D eigenvalue weighted by atomic mass is 15.5. The minimum Gasteiger partial charge on any atom is -0.315 e. The third-order valence-electron chi connectivity index (χ3n) is 2.32. The molecule has 0 radical (unpaired) electrons. The molecule has 1 unspecified atom stereocenters. The molecule has 1 atom stereocenters. The Morgan fingerprint density at radius 3 is 3.09 bits per heavy atom. The van der Waals surface area contributed by atoms with Crippen molar-refractivity contribution in [2.75, 3.05) is 19.6 Å². The van der Waals surface area contributed by atoms with Crippen molar-refractivity contribution < 1.29 is 0 Å². The molecule has 0 bridgehead atoms. The Bertz CT molecular complexity index is 149. The van der Waals surface area contributed by atoms with Gasteiger partial charge >= 0.3 is 0 Å². The number of hydrogen-bond acceptors (Lipinski definition) is 3. The molecule has 2 aliphatic heterocycles. The van der Waals surface area contributed by atoms with E-state index in [2.05, 4.69) is 28.0 Å². The second kappa shape index (κ2) is 3.24. The predicted molar refractivity (Wildman–Crippen MR) is 44.9 cm³/mol. The fraction of sp³-hybridized carbons (Fsp3) is 0.750. The lowest BCUT2D eigenvalue weighted by Crippen LogP contribution is -2.47. The van der Waals surface area contributed by atoms with E-state index in [4.69, 9.17) is 0 Å². The maximum Gasteiger partial charge on any atom is 0.0573 e. The summed E-state index contributed by atoms with van der Waals surface area (Å²) in [5.41, 5.74) is 3.31. The molecule has 1 fully saturated rings. The number of nitrogens with one attached hydrogen (secondary N) is 2. The van der Waals surface area contributed by atoms with Crippen LogP contribution in [0.25, 0.3) is 0 Å². The number of nitrogens with zero attached hydrogens (tertiary/aromatic N) is 1. The molecule has 11 heavy (non-hydrogen) atoms. The van der Waals surface area contributed by atoms with E-state index in [1.807, 2.05) is 0 Å². The minimum absolute atomic E-state index is 0.669. The van der Waals surface area contributed by atoms with E-state index in [0.29, 0.717) is 6.04 Å². The van der Waals surface area contributed by atoms with E-state index >= 15 is 0 Å². The SMILES string of the molecule is C1=CN(C2CCCNC2)NC1. The molecule has 2 aliphatic rings. The van der Waals surface area contributed by atoms with E-state index in [9.17, 15) is 0 Å². The average Bonchev–Trinajstić information content (AvgIpc) is 2.58. The van der Waals surface area contributed by atoms with Crippen LogP contribution in [-0.4, -0.2) is 30.7 Å². The fourth-order valence-electron chi connectivity index (χ4n) is 1.70. The van der Waals surface area contributed by atoms with Gasteiger partial charge in [0.1, 0.15) is 0 Å². The van der Waals surface area contributed by atoms with Gasteiger partial charge in [-0.15, -0.1) is 0 Å². The van der Waals surface area contributed by atoms with Crippen LogP contribution in [0.3, 0.4) is 0 Å². The van der Waals surface area contributed by atoms with Gasteiger partial charge in [0.25, 0.3) is 0 Å². The summed E-state index contributed by atoms with van der Waals surface area (Å²) in [6.45, 7) is 3.31. The molecule has 1 saturated heterocycles. The van der Waals surface area contributed by atoms with Gasteiger partial charge in [-0.3, -0.25) is 0 Å². The maximum atomic E-state index is 3.40. The first-order chi connectivity index (χ1) is 5.47. The first-order valence-electron chi connectivity index (χ1n) is 4.36. The molecule has 3 heteroatoms. The van der Waals surface area contributed by atoms with Crippen LogP contribution in [0.15, 0.2) is 12.3 Å². The number of hydrazine groups is 1. The van der Waals surface area contributed by atoms with Gasteiger partial charge in [-0.05, 0) is 19.4 Å². The molecule has 2 heterocycles. The van der Waals surface area contributed by atoms with Gasteiger partial charge in [-0.25, -0.2) is 5.43 Å². The Balaban J connectivity index is 1.87. The van der Waals surface area contributed by atoms with Crippen molar-refractivity contribution in [2.45, 2.75) is 18.9 Å². The van der Waals surface area contributed by atoms with Crippen molar-refractivity contribution in [1.82, 2.24) is 15.8 Å². The van der Waals surface area contributed by atoms with Crippen LogP contribution < -0.4 is 10.7 Å². The van der Waals surface area contributed by atoms with Gasteiger partial charge in [0.2, 0.25) is 0 Å². The highest BCUT2D eigenvalue weighted by molar-refractivity contribution is 4.93. The van der Waals surface area contributed by atoms with Crippen molar-refractivity contribution in [3.63, 3.8) is 0 Å². The standard InChI is InChI=1S/C8H15N3/c1-3-8(7-9-4-1)11-6-2-5-10-11/h2,6,8-10H,1,3-5,7H2. The smallest absolute Gasteiger partial charge is 0.0573 e. The summed E-state index contributed by atoms with van der Waals surface area (Å²) in [4.78, 5) is 0. The van der Waals surface area contributed by atoms with E-state index in [1.54, 1.807) is 0 Å². The Kier molecular flexibility index (Phi) is 2.10. The largest absolute Gasteiger partial charge is 0.315 e. The summed E-state index contributed by atoms with van der Waals surface area (Å²) in [6, 6.07) is 0.669. The molecular weight excluding hydrogens is 138 g/mol. The molecule has 0 amide bonds. The Labute approximate surface area is 67.4 Å². The number of hydrogen-bond donors (Lipinski definition) is 2. The maximum absolute atomic E-state index is 3.40. The topological polar surface area (TPSA) is 27.3 Å². The van der Waals surface area contributed by atoms with Gasteiger partial charge in [0.15, 0.2) is 0 Å². The van der Waals surface area contributed by atoms with Crippen LogP contribution in [0.2, 0.25) is 0 Å². The zero-order valence-corrected chi connectivity index (χ0v) is 6.71. The van der Waals surface area contributed by atoms with E-state index in [0.717, 1.165) is 13.1 Å². The molecule has 0 aromatic rings. The second-order valence-electron chi connectivity index (χ2n) is 3.15. The van der Waals surface area contributed by atoms with Crippen molar-refractivity contribution in [3.8, 4) is 0 Å². The third-order valence-corrected chi connectivity index (χ3v) is 2.32. The quantitative estimate of drug-likeness (QED) is 0.558. The molecule has 3 nitrogen and oxygen atoms in total. The molecule has 0 aromatic heterocycles. The molecule has 62 valence electrons. The monoisotopic (exact) mass is 153 g/mol. The van der Waals surface area contributed by atoms with Gasteiger partial charge in [-0.1, -0.05) is 6.08 Å². The van der Waals surface area contributed by atoms with Crippen molar-refractivity contribution in [3.05, 3.63) is 12.3 Å². The first kappa shape index (κ1) is 7.13. The summed E-state index contributed by atoms with van der Waals surface area (Å²) in [7, 11) is 0. The van der Waals surface area contributed by atoms with Crippen LogP contribution in [0.1, 0.15) is 12.8 Å². The molecule has 2 N–H and O–H groups in total. The summed E-state index contributed by atoms with van der Waals surface area (Å²) in [5.74, 6) is 0. The Morgan fingerprint density at radius 1 is 1.45 bits per heavy atom. The van der Waals surface area contributed by atoms with Crippen LogP contribution >= 0.6 is 0 Å². The zero-order valence-electron chi connectivity index (χ0n) is 6.71.